The van der Waals surface area contributed by atoms with Crippen molar-refractivity contribution >= 4 is 34.2 Å². The van der Waals surface area contributed by atoms with Crippen LogP contribution in [0.3, 0.4) is 0 Å². The van der Waals surface area contributed by atoms with Gasteiger partial charge in [0.25, 0.3) is 0 Å². The molecule has 2 aromatic heterocycles. The molecule has 8 rings (SSSR count). The van der Waals surface area contributed by atoms with Gasteiger partial charge in [-0.05, 0) is 66.8 Å². The van der Waals surface area contributed by atoms with Crippen molar-refractivity contribution in [3.8, 4) is 6.07 Å². The predicted octanol–water partition coefficient (Wildman–Crippen LogP) is 3.55. The summed E-state index contributed by atoms with van der Waals surface area (Å²) in [6, 6.07) is 17.1. The molecule has 1 saturated carbocycles. The molecular formula is C31H33N9O. The average molecular weight is 548 g/mol. The van der Waals surface area contributed by atoms with Crippen molar-refractivity contribution in [1.82, 2.24) is 20.2 Å². The predicted molar refractivity (Wildman–Crippen MR) is 157 cm³/mol. The molecule has 10 nitrogen and oxygen atoms in total. The minimum atomic E-state index is -0.239. The van der Waals surface area contributed by atoms with Crippen molar-refractivity contribution in [3.63, 3.8) is 0 Å². The summed E-state index contributed by atoms with van der Waals surface area (Å²) >= 11 is 0. The number of nitrogens with two attached hydrogens (primary N) is 1. The molecule has 0 amide bonds. The molecular weight excluding hydrogens is 514 g/mol. The minimum absolute atomic E-state index is 0.0894. The Morgan fingerprint density at radius 1 is 1.05 bits per heavy atom. The van der Waals surface area contributed by atoms with Crippen molar-refractivity contribution in [2.45, 2.75) is 50.3 Å². The van der Waals surface area contributed by atoms with Gasteiger partial charge in [-0.15, -0.1) is 0 Å². The monoisotopic (exact) mass is 547 g/mol. The highest BCUT2D eigenvalue weighted by Gasteiger charge is 2.46. The van der Waals surface area contributed by atoms with Gasteiger partial charge in [0.15, 0.2) is 17.0 Å². The standard InChI is InChI=1S/C31H33N9O/c32-17-19-5-6-24-25(13-19)39(21-14-22(41)15-21)11-12-40(24)30-27-29(36-37-30)35-26(18-34-27)38-9-7-31(8-10-38)16-20-3-1-2-4-23(20)28(31)33/h1-6,13,18,21-22,28,41H,7-12,14-16,33H2,(H,35,36,37)/t21-,22+,28?. The normalized spacial score (nSPS) is 24.7. The van der Waals surface area contributed by atoms with Gasteiger partial charge in [-0.1, -0.05) is 24.3 Å². The highest BCUT2D eigenvalue weighted by molar-refractivity contribution is 5.90. The fourth-order valence-corrected chi connectivity index (χ4v) is 7.52. The quantitative estimate of drug-likeness (QED) is 0.352. The van der Waals surface area contributed by atoms with E-state index in [0.29, 0.717) is 11.2 Å². The lowest BCUT2D eigenvalue weighted by molar-refractivity contribution is 0.0732. The van der Waals surface area contributed by atoms with Gasteiger partial charge in [-0.2, -0.15) is 10.4 Å². The highest BCUT2D eigenvalue weighted by atomic mass is 16.3. The maximum absolute atomic E-state index is 9.91. The van der Waals surface area contributed by atoms with E-state index in [4.69, 9.17) is 15.7 Å². The van der Waals surface area contributed by atoms with Crippen molar-refractivity contribution in [3.05, 3.63) is 65.4 Å². The van der Waals surface area contributed by atoms with Crippen LogP contribution in [0.15, 0.2) is 48.7 Å². The Kier molecular flexibility index (Phi) is 5.49. The Morgan fingerprint density at radius 2 is 1.88 bits per heavy atom. The summed E-state index contributed by atoms with van der Waals surface area (Å²) in [7, 11) is 0. The van der Waals surface area contributed by atoms with Crippen LogP contribution >= 0.6 is 0 Å². The molecule has 0 bridgehead atoms. The molecule has 10 heteroatoms. The van der Waals surface area contributed by atoms with Crippen molar-refractivity contribution < 1.29 is 5.11 Å². The third-order valence-corrected chi connectivity index (χ3v) is 9.97. The Bertz CT molecular complexity index is 1680. The van der Waals surface area contributed by atoms with E-state index in [9.17, 15) is 10.4 Å². The maximum Gasteiger partial charge on any atom is 0.183 e. The lowest BCUT2D eigenvalue weighted by Gasteiger charge is -2.47. The zero-order valence-corrected chi connectivity index (χ0v) is 22.9. The molecule has 0 radical (unpaired) electrons. The number of nitrogens with one attached hydrogen (secondary N) is 1. The number of nitrogens with zero attached hydrogens (tertiary/aromatic N) is 7. The van der Waals surface area contributed by atoms with Gasteiger partial charge in [-0.25, -0.2) is 9.97 Å². The molecule has 2 aromatic carbocycles. The van der Waals surface area contributed by atoms with Gasteiger partial charge in [0.05, 0.1) is 35.3 Å². The van der Waals surface area contributed by atoms with Gasteiger partial charge < -0.3 is 25.5 Å². The van der Waals surface area contributed by atoms with E-state index in [2.05, 4.69) is 55.2 Å². The van der Waals surface area contributed by atoms with Crippen LogP contribution in [0.5, 0.6) is 0 Å². The second-order valence-corrected chi connectivity index (χ2v) is 12.1. The first-order chi connectivity index (χ1) is 20.0. The number of benzene rings is 2. The Labute approximate surface area is 238 Å². The second kappa shape index (κ2) is 9.16. The molecule has 41 heavy (non-hydrogen) atoms. The third-order valence-electron chi connectivity index (χ3n) is 9.97. The Hall–Kier alpha value is -4.20. The van der Waals surface area contributed by atoms with Crippen LogP contribution in [0.1, 0.15) is 48.4 Å². The summed E-state index contributed by atoms with van der Waals surface area (Å²) in [5.41, 5.74) is 13.6. The first kappa shape index (κ1) is 24.6. The fraction of sp³-hybridized carbons (Fsp3) is 0.419. The van der Waals surface area contributed by atoms with E-state index in [-0.39, 0.29) is 23.6 Å². The molecule has 2 aliphatic carbocycles. The molecule has 1 spiro atoms. The molecule has 2 fully saturated rings. The SMILES string of the molecule is N#Cc1ccc2c(c1)N([C@H]1C[C@@H](O)C1)CCN2c1n[nH]c2nc(N3CCC4(CC3)Cc3ccccc3C4N)cnc12. The number of aromatic nitrogens is 4. The highest BCUT2D eigenvalue weighted by Crippen LogP contribution is 2.51. The van der Waals surface area contributed by atoms with Crippen LogP contribution in [0.25, 0.3) is 11.2 Å². The van der Waals surface area contributed by atoms with E-state index in [1.54, 1.807) is 0 Å². The number of aliphatic hydroxyl groups excluding tert-OH is 1. The van der Waals surface area contributed by atoms with Gasteiger partial charge in [-0.3, -0.25) is 5.10 Å². The van der Waals surface area contributed by atoms with Gasteiger partial charge in [0, 0.05) is 38.3 Å². The number of rotatable bonds is 3. The number of hydrogen-bond donors (Lipinski definition) is 3. The van der Waals surface area contributed by atoms with Crippen LogP contribution < -0.4 is 20.4 Å². The molecule has 2 aliphatic heterocycles. The second-order valence-electron chi connectivity index (χ2n) is 12.1. The van der Waals surface area contributed by atoms with Crippen LogP contribution in [0.4, 0.5) is 23.0 Å². The largest absolute Gasteiger partial charge is 0.393 e. The Balaban J connectivity index is 1.04. The van der Waals surface area contributed by atoms with Crippen molar-refractivity contribution in [2.24, 2.45) is 11.1 Å². The first-order valence-corrected chi connectivity index (χ1v) is 14.6. The molecule has 4 N–H and O–H groups in total. The van der Waals surface area contributed by atoms with E-state index in [0.717, 1.165) is 86.8 Å². The van der Waals surface area contributed by atoms with Gasteiger partial charge in [0.1, 0.15) is 5.82 Å². The number of aromatic amines is 1. The number of aliphatic hydroxyl groups is 1. The van der Waals surface area contributed by atoms with E-state index < -0.39 is 0 Å². The molecule has 4 aromatic rings. The number of nitriles is 1. The summed E-state index contributed by atoms with van der Waals surface area (Å²) in [5, 5.41) is 27.3. The van der Waals surface area contributed by atoms with Crippen molar-refractivity contribution in [2.75, 3.05) is 40.9 Å². The minimum Gasteiger partial charge on any atom is -0.393 e. The number of hydrogen-bond acceptors (Lipinski definition) is 9. The lowest BCUT2D eigenvalue weighted by Crippen LogP contribution is -2.52. The first-order valence-electron chi connectivity index (χ1n) is 14.6. The smallest absolute Gasteiger partial charge is 0.183 e. The lowest BCUT2D eigenvalue weighted by atomic mass is 9.73. The number of fused-ring (bicyclic) bond motifs is 3. The van der Waals surface area contributed by atoms with Crippen molar-refractivity contribution in [1.29, 1.82) is 5.26 Å². The zero-order valence-electron chi connectivity index (χ0n) is 22.9. The third kappa shape index (κ3) is 3.80. The van der Waals surface area contributed by atoms with E-state index in [1.807, 2.05) is 24.4 Å². The van der Waals surface area contributed by atoms with E-state index in [1.165, 1.54) is 11.1 Å². The van der Waals surface area contributed by atoms with Crippen LogP contribution in [-0.4, -0.2) is 63.6 Å². The molecule has 1 atom stereocenters. The topological polar surface area (TPSA) is 134 Å². The summed E-state index contributed by atoms with van der Waals surface area (Å²) in [4.78, 5) is 16.6. The number of H-pyrrole nitrogens is 1. The molecule has 4 heterocycles. The van der Waals surface area contributed by atoms with Crippen LogP contribution in [-0.2, 0) is 6.42 Å². The maximum atomic E-state index is 9.91. The summed E-state index contributed by atoms with van der Waals surface area (Å²) < 4.78 is 0. The summed E-state index contributed by atoms with van der Waals surface area (Å²) in [6.45, 7) is 3.30. The molecule has 208 valence electrons. The average Bonchev–Trinajstić information content (AvgIpc) is 3.53. The molecule has 4 aliphatic rings. The molecule has 1 saturated heterocycles. The number of anilines is 4. The van der Waals surface area contributed by atoms with Gasteiger partial charge >= 0.3 is 0 Å². The van der Waals surface area contributed by atoms with Crippen LogP contribution in [0, 0.1) is 16.7 Å². The Morgan fingerprint density at radius 3 is 2.66 bits per heavy atom. The van der Waals surface area contributed by atoms with Crippen LogP contribution in [0.2, 0.25) is 0 Å². The van der Waals surface area contributed by atoms with E-state index >= 15 is 0 Å². The summed E-state index contributed by atoms with van der Waals surface area (Å²) in [6.07, 6.45) is 6.25. The van der Waals surface area contributed by atoms with Gasteiger partial charge in [0.2, 0.25) is 0 Å². The molecule has 1 unspecified atom stereocenters. The summed E-state index contributed by atoms with van der Waals surface area (Å²) in [5.74, 6) is 1.60. The zero-order chi connectivity index (χ0) is 27.7. The number of piperidine rings is 1. The fourth-order valence-electron chi connectivity index (χ4n) is 7.52.